The molecule has 43 heavy (non-hydrogen) atoms. The highest BCUT2D eigenvalue weighted by Gasteiger charge is 2.28. The number of tetrazole rings is 1. The molecule has 0 saturated heterocycles. The van der Waals surface area contributed by atoms with Crippen LogP contribution in [0.5, 0.6) is 0 Å². The molecule has 1 N–H and O–H groups in total. The van der Waals surface area contributed by atoms with Crippen molar-refractivity contribution in [2.24, 2.45) is 5.92 Å². The van der Waals surface area contributed by atoms with Gasteiger partial charge in [0.2, 0.25) is 0 Å². The van der Waals surface area contributed by atoms with E-state index in [4.69, 9.17) is 4.98 Å². The molecule has 3 heterocycles. The molecule has 3 aromatic heterocycles. The number of imidazole rings is 1. The van der Waals surface area contributed by atoms with Crippen molar-refractivity contribution in [3.05, 3.63) is 117 Å². The number of fused-ring (bicyclic) bond motifs is 1. The summed E-state index contributed by atoms with van der Waals surface area (Å²) in [5.41, 5.74) is 5.26. The molecule has 0 aliphatic heterocycles. The van der Waals surface area contributed by atoms with Gasteiger partial charge in [0.05, 0.1) is 6.04 Å². The molecular formula is C33H32N8O2. The van der Waals surface area contributed by atoms with Gasteiger partial charge in [-0.15, -0.1) is 5.10 Å². The summed E-state index contributed by atoms with van der Waals surface area (Å²) >= 11 is 0. The molecule has 7 rings (SSSR count). The summed E-state index contributed by atoms with van der Waals surface area (Å²) in [5.74, 6) is 1.83. The van der Waals surface area contributed by atoms with Crippen molar-refractivity contribution in [3.63, 3.8) is 0 Å². The number of hydrogen-bond acceptors (Lipinski definition) is 6. The van der Waals surface area contributed by atoms with E-state index in [1.807, 2.05) is 73.0 Å². The molecule has 10 nitrogen and oxygen atoms in total. The molecule has 0 amide bonds. The van der Waals surface area contributed by atoms with Crippen molar-refractivity contribution in [1.82, 2.24) is 39.3 Å². The molecule has 1 unspecified atom stereocenters. The smallest absolute Gasteiger partial charge is 0.318 e. The Morgan fingerprint density at radius 2 is 1.63 bits per heavy atom. The van der Waals surface area contributed by atoms with Gasteiger partial charge in [-0.3, -0.25) is 13.9 Å². The van der Waals surface area contributed by atoms with Crippen LogP contribution in [-0.2, 0) is 19.5 Å². The molecule has 0 bridgehead atoms. The standard InChI is InChI=1S/C33H32N8O2/c1-3-28-34-31-29(32(42)41(21(2)24-9-5-4-6-10-24)33(43)40(31)20-22-13-14-22)39(28)19-23-15-17-25(18-16-23)26-11-7-8-12-27(26)30-35-37-38-36-30/h4-12,15-18,21-22H,3,13-14,19-20H2,1-2H3,(H,35,36,37,38). The van der Waals surface area contributed by atoms with Crippen LogP contribution in [0, 0.1) is 5.92 Å². The summed E-state index contributed by atoms with van der Waals surface area (Å²) in [5, 5.41) is 14.4. The molecule has 1 fully saturated rings. The maximum absolute atomic E-state index is 14.2. The van der Waals surface area contributed by atoms with Crippen molar-refractivity contribution < 1.29 is 0 Å². The first-order valence-corrected chi connectivity index (χ1v) is 14.7. The first kappa shape index (κ1) is 26.8. The van der Waals surface area contributed by atoms with Crippen LogP contribution in [0.15, 0.2) is 88.5 Å². The van der Waals surface area contributed by atoms with Gasteiger partial charge >= 0.3 is 5.69 Å². The number of aromatic amines is 1. The van der Waals surface area contributed by atoms with Crippen LogP contribution in [0.2, 0.25) is 0 Å². The molecule has 216 valence electrons. The Balaban J connectivity index is 1.32. The van der Waals surface area contributed by atoms with E-state index < -0.39 is 6.04 Å². The van der Waals surface area contributed by atoms with Crippen molar-refractivity contribution in [2.75, 3.05) is 0 Å². The van der Waals surface area contributed by atoms with Gasteiger partial charge in [0.1, 0.15) is 5.82 Å². The normalized spacial score (nSPS) is 13.9. The predicted octanol–water partition coefficient (Wildman–Crippen LogP) is 4.84. The van der Waals surface area contributed by atoms with E-state index in [2.05, 4.69) is 44.9 Å². The Labute approximate surface area is 247 Å². The molecule has 6 aromatic rings. The average molecular weight is 573 g/mol. The number of benzene rings is 3. The fourth-order valence-electron chi connectivity index (χ4n) is 5.88. The summed E-state index contributed by atoms with van der Waals surface area (Å²) in [6.45, 7) is 4.99. The minimum Gasteiger partial charge on any atom is -0.318 e. The van der Waals surface area contributed by atoms with E-state index in [0.29, 0.717) is 42.4 Å². The third-order valence-corrected chi connectivity index (χ3v) is 8.40. The molecule has 3 aromatic carbocycles. The Morgan fingerprint density at radius 3 is 2.30 bits per heavy atom. The highest BCUT2D eigenvalue weighted by Crippen LogP contribution is 2.32. The van der Waals surface area contributed by atoms with Crippen LogP contribution in [0.4, 0.5) is 0 Å². The maximum Gasteiger partial charge on any atom is 0.333 e. The number of nitrogens with zero attached hydrogens (tertiary/aromatic N) is 7. The summed E-state index contributed by atoms with van der Waals surface area (Å²) < 4.78 is 5.15. The van der Waals surface area contributed by atoms with Crippen molar-refractivity contribution in [1.29, 1.82) is 0 Å². The van der Waals surface area contributed by atoms with Gasteiger partial charge in [-0.2, -0.15) is 0 Å². The molecule has 1 saturated carbocycles. The summed E-state index contributed by atoms with van der Waals surface area (Å²) in [7, 11) is 0. The second-order valence-electron chi connectivity index (χ2n) is 11.2. The van der Waals surface area contributed by atoms with Gasteiger partial charge < -0.3 is 4.57 Å². The van der Waals surface area contributed by atoms with Crippen LogP contribution in [-0.4, -0.2) is 39.3 Å². The van der Waals surface area contributed by atoms with Crippen LogP contribution in [0.1, 0.15) is 49.7 Å². The lowest BCUT2D eigenvalue weighted by atomic mass is 9.98. The number of aryl methyl sites for hydroxylation is 1. The lowest BCUT2D eigenvalue weighted by Gasteiger charge is -2.18. The summed E-state index contributed by atoms with van der Waals surface area (Å²) in [6.07, 6.45) is 2.81. The third-order valence-electron chi connectivity index (χ3n) is 8.40. The number of nitrogens with one attached hydrogen (secondary N) is 1. The van der Waals surface area contributed by atoms with Crippen LogP contribution >= 0.6 is 0 Å². The molecule has 10 heteroatoms. The van der Waals surface area contributed by atoms with Gasteiger partial charge in [-0.25, -0.2) is 14.9 Å². The SMILES string of the molecule is CCc1nc2c(c(=O)n(C(C)c3ccccc3)c(=O)n2CC2CC2)n1Cc1ccc(-c2ccccc2-c2nnn[nH]2)cc1. The molecule has 1 aliphatic rings. The number of rotatable bonds is 9. The number of hydrogen-bond donors (Lipinski definition) is 1. The third kappa shape index (κ3) is 4.88. The minimum atomic E-state index is -0.414. The minimum absolute atomic E-state index is 0.293. The molecule has 0 spiro atoms. The highest BCUT2D eigenvalue weighted by molar-refractivity contribution is 5.80. The highest BCUT2D eigenvalue weighted by atomic mass is 16.2. The van der Waals surface area contributed by atoms with E-state index in [1.54, 1.807) is 4.57 Å². The Hall–Kier alpha value is -5.12. The average Bonchev–Trinajstić information content (AvgIpc) is 3.55. The fraction of sp³-hybridized carbons (Fsp3) is 0.273. The van der Waals surface area contributed by atoms with Crippen molar-refractivity contribution in [2.45, 2.75) is 52.2 Å². The second kappa shape index (κ2) is 10.9. The van der Waals surface area contributed by atoms with Crippen molar-refractivity contribution in [3.8, 4) is 22.5 Å². The van der Waals surface area contributed by atoms with Crippen LogP contribution in [0.25, 0.3) is 33.7 Å². The van der Waals surface area contributed by atoms with Gasteiger partial charge in [0, 0.05) is 25.1 Å². The predicted molar refractivity (Wildman–Crippen MR) is 165 cm³/mol. The second-order valence-corrected chi connectivity index (χ2v) is 11.2. The van der Waals surface area contributed by atoms with E-state index in [0.717, 1.165) is 46.5 Å². The van der Waals surface area contributed by atoms with Gasteiger partial charge in [-0.1, -0.05) is 85.8 Å². The molecule has 0 radical (unpaired) electrons. The first-order chi connectivity index (χ1) is 21.0. The molecule has 1 atom stereocenters. The fourth-order valence-corrected chi connectivity index (χ4v) is 5.88. The zero-order valence-corrected chi connectivity index (χ0v) is 24.1. The Bertz CT molecular complexity index is 2020. The topological polar surface area (TPSA) is 116 Å². The summed E-state index contributed by atoms with van der Waals surface area (Å²) in [6, 6.07) is 25.6. The van der Waals surface area contributed by atoms with Gasteiger partial charge in [0.15, 0.2) is 17.0 Å². The van der Waals surface area contributed by atoms with E-state index in [-0.39, 0.29) is 11.2 Å². The monoisotopic (exact) mass is 572 g/mol. The Morgan fingerprint density at radius 1 is 0.907 bits per heavy atom. The molecule has 1 aliphatic carbocycles. The largest absolute Gasteiger partial charge is 0.333 e. The number of aromatic nitrogens is 8. The number of H-pyrrole nitrogens is 1. The zero-order valence-electron chi connectivity index (χ0n) is 24.1. The first-order valence-electron chi connectivity index (χ1n) is 14.7. The Kier molecular flexibility index (Phi) is 6.81. The van der Waals surface area contributed by atoms with Crippen LogP contribution < -0.4 is 11.2 Å². The maximum atomic E-state index is 14.2. The van der Waals surface area contributed by atoms with E-state index in [1.165, 1.54) is 4.57 Å². The lowest BCUT2D eigenvalue weighted by molar-refractivity contribution is 0.517. The lowest BCUT2D eigenvalue weighted by Crippen LogP contribution is -2.42. The van der Waals surface area contributed by atoms with E-state index in [9.17, 15) is 9.59 Å². The van der Waals surface area contributed by atoms with Gasteiger partial charge in [0.25, 0.3) is 5.56 Å². The zero-order chi connectivity index (χ0) is 29.5. The summed E-state index contributed by atoms with van der Waals surface area (Å²) in [4.78, 5) is 33.0. The van der Waals surface area contributed by atoms with Crippen molar-refractivity contribution >= 4 is 11.2 Å². The van der Waals surface area contributed by atoms with Gasteiger partial charge in [-0.05, 0) is 58.4 Å². The molecular weight excluding hydrogens is 540 g/mol. The van der Waals surface area contributed by atoms with Crippen LogP contribution in [0.3, 0.4) is 0 Å². The quantitative estimate of drug-likeness (QED) is 0.265. The van der Waals surface area contributed by atoms with E-state index >= 15 is 0 Å².